The van der Waals surface area contributed by atoms with E-state index in [1.807, 2.05) is 42.5 Å². The second-order valence-corrected chi connectivity index (χ2v) is 10.3. The molecule has 0 saturated carbocycles. The Hall–Kier alpha value is -2.32. The van der Waals surface area contributed by atoms with Gasteiger partial charge in [-0.25, -0.2) is 8.42 Å². The van der Waals surface area contributed by atoms with Gasteiger partial charge in [0.25, 0.3) is 5.91 Å². The van der Waals surface area contributed by atoms with Crippen LogP contribution in [0.25, 0.3) is 0 Å². The average Bonchev–Trinajstić information content (AvgIpc) is 3.15. The predicted octanol–water partition coefficient (Wildman–Crippen LogP) is 2.34. The molecule has 2 aliphatic rings. The lowest BCUT2D eigenvalue weighted by molar-refractivity contribution is 0.0954. The molecule has 1 saturated heterocycles. The highest BCUT2D eigenvalue weighted by molar-refractivity contribution is 8.15. The minimum Gasteiger partial charge on any atom is -0.352 e. The first kappa shape index (κ1) is 19.0. The molecule has 2 N–H and O–H groups in total. The van der Waals surface area contributed by atoms with Crippen molar-refractivity contribution in [1.82, 2.24) is 5.32 Å². The molecule has 146 valence electrons. The summed E-state index contributed by atoms with van der Waals surface area (Å²) in [5, 5.41) is 6.90. The molecule has 4 rings (SSSR count). The SMILES string of the molecule is O=C(NCCc1ccccc1)c1ccc(NC2=N[C@@H]3CS(=O)(=O)C[C@H]3S2)cc1. The fourth-order valence-electron chi connectivity index (χ4n) is 3.31. The van der Waals surface area contributed by atoms with Gasteiger partial charge < -0.3 is 10.6 Å². The van der Waals surface area contributed by atoms with Gasteiger partial charge in [0.15, 0.2) is 15.0 Å². The van der Waals surface area contributed by atoms with Crippen molar-refractivity contribution in [1.29, 1.82) is 0 Å². The third kappa shape index (κ3) is 4.56. The summed E-state index contributed by atoms with van der Waals surface area (Å²) >= 11 is 1.48. The number of fused-ring (bicyclic) bond motifs is 1. The summed E-state index contributed by atoms with van der Waals surface area (Å²) in [4.78, 5) is 16.7. The van der Waals surface area contributed by atoms with Crippen molar-refractivity contribution in [3.8, 4) is 0 Å². The van der Waals surface area contributed by atoms with Crippen LogP contribution < -0.4 is 10.6 Å². The molecule has 0 aliphatic carbocycles. The zero-order valence-electron chi connectivity index (χ0n) is 15.2. The van der Waals surface area contributed by atoms with Gasteiger partial charge >= 0.3 is 0 Å². The molecular formula is C20H21N3O3S2. The van der Waals surface area contributed by atoms with Gasteiger partial charge in [-0.05, 0) is 36.2 Å². The van der Waals surface area contributed by atoms with Crippen molar-refractivity contribution in [2.75, 3.05) is 23.4 Å². The lowest BCUT2D eigenvalue weighted by Gasteiger charge is -2.09. The minimum atomic E-state index is -2.94. The zero-order chi connectivity index (χ0) is 19.6. The Labute approximate surface area is 168 Å². The van der Waals surface area contributed by atoms with E-state index in [1.54, 1.807) is 12.1 Å². The Morgan fingerprint density at radius 2 is 1.82 bits per heavy atom. The monoisotopic (exact) mass is 415 g/mol. The number of nitrogens with zero attached hydrogens (tertiary/aromatic N) is 1. The van der Waals surface area contributed by atoms with Crippen molar-refractivity contribution in [3.05, 3.63) is 65.7 Å². The highest BCUT2D eigenvalue weighted by Crippen LogP contribution is 2.34. The molecule has 2 aliphatic heterocycles. The van der Waals surface area contributed by atoms with Crippen molar-refractivity contribution >= 4 is 38.4 Å². The number of carbonyl (C=O) groups excluding carboxylic acids is 1. The molecule has 6 nitrogen and oxygen atoms in total. The van der Waals surface area contributed by atoms with Gasteiger partial charge in [-0.1, -0.05) is 42.1 Å². The number of anilines is 1. The molecule has 0 unspecified atom stereocenters. The maximum Gasteiger partial charge on any atom is 0.251 e. The fraction of sp³-hybridized carbons (Fsp3) is 0.300. The number of thioether (sulfide) groups is 1. The first-order chi connectivity index (χ1) is 13.5. The molecule has 2 aromatic rings. The first-order valence-electron chi connectivity index (χ1n) is 9.13. The number of carbonyl (C=O) groups is 1. The van der Waals surface area contributed by atoms with Crippen LogP contribution in [0.5, 0.6) is 0 Å². The second kappa shape index (κ2) is 7.97. The van der Waals surface area contributed by atoms with Gasteiger partial charge in [0.05, 0.1) is 17.5 Å². The molecule has 2 atom stereocenters. The van der Waals surface area contributed by atoms with E-state index in [2.05, 4.69) is 15.6 Å². The summed E-state index contributed by atoms with van der Waals surface area (Å²) in [6.45, 7) is 0.585. The number of hydrogen-bond donors (Lipinski definition) is 2. The van der Waals surface area contributed by atoms with Crippen molar-refractivity contribution in [3.63, 3.8) is 0 Å². The van der Waals surface area contributed by atoms with E-state index in [9.17, 15) is 13.2 Å². The van der Waals surface area contributed by atoms with Crippen LogP contribution in [0.3, 0.4) is 0 Å². The Kier molecular flexibility index (Phi) is 5.41. The van der Waals surface area contributed by atoms with Crippen LogP contribution in [0.2, 0.25) is 0 Å². The number of rotatable bonds is 5. The normalized spacial score (nSPS) is 22.4. The highest BCUT2D eigenvalue weighted by Gasteiger charge is 2.42. The first-order valence-corrected chi connectivity index (χ1v) is 11.8. The maximum atomic E-state index is 12.3. The Bertz CT molecular complexity index is 989. The van der Waals surface area contributed by atoms with Crippen molar-refractivity contribution < 1.29 is 13.2 Å². The molecule has 8 heteroatoms. The van der Waals surface area contributed by atoms with E-state index in [0.717, 1.165) is 17.3 Å². The lowest BCUT2D eigenvalue weighted by Crippen LogP contribution is -2.25. The smallest absolute Gasteiger partial charge is 0.251 e. The maximum absolute atomic E-state index is 12.3. The van der Waals surface area contributed by atoms with Crippen LogP contribution in [-0.2, 0) is 16.3 Å². The molecule has 0 spiro atoms. The van der Waals surface area contributed by atoms with Crippen LogP contribution in [0, 0.1) is 0 Å². The highest BCUT2D eigenvalue weighted by atomic mass is 32.2. The molecule has 0 aromatic heterocycles. The third-order valence-electron chi connectivity index (χ3n) is 4.76. The van der Waals surface area contributed by atoms with Gasteiger partial charge in [-0.3, -0.25) is 9.79 Å². The van der Waals surface area contributed by atoms with Crippen molar-refractivity contribution in [2.24, 2.45) is 4.99 Å². The molecule has 1 amide bonds. The van der Waals surface area contributed by atoms with Crippen LogP contribution in [0.1, 0.15) is 15.9 Å². The Morgan fingerprint density at radius 3 is 2.54 bits per heavy atom. The summed E-state index contributed by atoms with van der Waals surface area (Å²) in [6, 6.07) is 17.1. The Balaban J connectivity index is 1.29. The van der Waals surface area contributed by atoms with Gasteiger partial charge in [-0.2, -0.15) is 0 Å². The molecule has 2 aromatic carbocycles. The van der Waals surface area contributed by atoms with Crippen LogP contribution >= 0.6 is 11.8 Å². The number of sulfone groups is 1. The van der Waals surface area contributed by atoms with E-state index in [0.29, 0.717) is 12.1 Å². The van der Waals surface area contributed by atoms with Crippen LogP contribution in [0.15, 0.2) is 59.6 Å². The van der Waals surface area contributed by atoms with Gasteiger partial charge in [0.2, 0.25) is 0 Å². The van der Waals surface area contributed by atoms with Gasteiger partial charge in [-0.15, -0.1) is 0 Å². The van der Waals surface area contributed by atoms with E-state index >= 15 is 0 Å². The van der Waals surface area contributed by atoms with E-state index in [4.69, 9.17) is 0 Å². The van der Waals surface area contributed by atoms with Crippen LogP contribution in [-0.4, -0.2) is 48.8 Å². The zero-order valence-corrected chi connectivity index (χ0v) is 16.8. The number of hydrogen-bond acceptors (Lipinski definition) is 6. The summed E-state index contributed by atoms with van der Waals surface area (Å²) in [7, 11) is -2.94. The quantitative estimate of drug-likeness (QED) is 0.783. The number of nitrogens with one attached hydrogen (secondary N) is 2. The lowest BCUT2D eigenvalue weighted by atomic mass is 10.1. The summed E-state index contributed by atoms with van der Waals surface area (Å²) in [5.74, 6) is 0.228. The molecule has 1 fully saturated rings. The van der Waals surface area contributed by atoms with Gasteiger partial charge in [0, 0.05) is 23.0 Å². The number of aliphatic imine (C=N–C) groups is 1. The molecular weight excluding hydrogens is 394 g/mol. The topological polar surface area (TPSA) is 87.6 Å². The van der Waals surface area contributed by atoms with E-state index < -0.39 is 9.84 Å². The number of amides is 1. The minimum absolute atomic E-state index is 0.0159. The number of amidine groups is 1. The molecule has 28 heavy (non-hydrogen) atoms. The van der Waals surface area contributed by atoms with Crippen LogP contribution in [0.4, 0.5) is 5.69 Å². The average molecular weight is 416 g/mol. The van der Waals surface area contributed by atoms with Crippen molar-refractivity contribution in [2.45, 2.75) is 17.7 Å². The summed E-state index contributed by atoms with van der Waals surface area (Å²) < 4.78 is 23.3. The molecule has 0 radical (unpaired) electrons. The third-order valence-corrected chi connectivity index (χ3v) is 7.90. The molecule has 2 heterocycles. The summed E-state index contributed by atoms with van der Waals surface area (Å²) in [5.41, 5.74) is 2.62. The Morgan fingerprint density at radius 1 is 1.07 bits per heavy atom. The largest absolute Gasteiger partial charge is 0.352 e. The second-order valence-electron chi connectivity index (χ2n) is 6.93. The molecule has 0 bridgehead atoms. The van der Waals surface area contributed by atoms with E-state index in [-0.39, 0.29) is 28.7 Å². The number of benzene rings is 2. The predicted molar refractivity (Wildman–Crippen MR) is 114 cm³/mol. The summed E-state index contributed by atoms with van der Waals surface area (Å²) in [6.07, 6.45) is 0.793. The fourth-order valence-corrected chi connectivity index (χ4v) is 6.99. The van der Waals surface area contributed by atoms with Gasteiger partial charge in [0.1, 0.15) is 0 Å². The standard InChI is InChI=1S/C20H21N3O3S2/c24-19(21-11-10-14-4-2-1-3-5-14)15-6-8-16(9-7-15)22-20-23-17-12-28(25,26)13-18(17)27-20/h1-9,17-18H,10-13H2,(H,21,24)(H,22,23)/t17-,18-/m1/s1. The van der Waals surface area contributed by atoms with E-state index in [1.165, 1.54) is 17.3 Å².